The average molecular weight is 381 g/mol. The molecule has 2 aromatic heterocycles. The number of nitrogens with one attached hydrogen (secondary N) is 1. The molecule has 0 aliphatic heterocycles. The SMILES string of the molecule is C/C(=C\C=C/N)CNc1ncc2cc(Oc3ccccc3F)c(=O)n(C)c2n1. The van der Waals surface area contributed by atoms with Crippen LogP contribution in [0.2, 0.25) is 0 Å². The highest BCUT2D eigenvalue weighted by Gasteiger charge is 2.13. The molecule has 2 heterocycles. The number of nitrogens with zero attached hydrogens (tertiary/aromatic N) is 3. The minimum atomic E-state index is -0.548. The number of pyridine rings is 1. The Kier molecular flexibility index (Phi) is 5.69. The highest BCUT2D eigenvalue weighted by Crippen LogP contribution is 2.24. The number of ether oxygens (including phenoxy) is 1. The van der Waals surface area contributed by atoms with Crippen LogP contribution in [-0.4, -0.2) is 21.1 Å². The van der Waals surface area contributed by atoms with Crippen molar-refractivity contribution in [3.8, 4) is 11.5 Å². The van der Waals surface area contributed by atoms with Crippen molar-refractivity contribution in [2.45, 2.75) is 6.92 Å². The van der Waals surface area contributed by atoms with Gasteiger partial charge in [0, 0.05) is 25.2 Å². The Bertz CT molecular complexity index is 1120. The number of aryl methyl sites for hydroxylation is 1. The Labute approximate surface area is 161 Å². The van der Waals surface area contributed by atoms with Gasteiger partial charge in [0.1, 0.15) is 5.65 Å². The van der Waals surface area contributed by atoms with Crippen molar-refractivity contribution >= 4 is 17.0 Å². The highest BCUT2D eigenvalue weighted by molar-refractivity contribution is 5.76. The molecule has 0 atom stereocenters. The molecular weight excluding hydrogens is 361 g/mol. The molecule has 7 nitrogen and oxygen atoms in total. The predicted molar refractivity (Wildman–Crippen MR) is 107 cm³/mol. The monoisotopic (exact) mass is 381 g/mol. The molecular formula is C20H20FN5O2. The van der Waals surface area contributed by atoms with Crippen LogP contribution >= 0.6 is 0 Å². The van der Waals surface area contributed by atoms with Crippen molar-refractivity contribution in [1.29, 1.82) is 0 Å². The number of benzene rings is 1. The summed E-state index contributed by atoms with van der Waals surface area (Å²) < 4.78 is 20.6. The molecule has 3 rings (SSSR count). The Morgan fingerprint density at radius 1 is 1.36 bits per heavy atom. The quantitative estimate of drug-likeness (QED) is 0.637. The van der Waals surface area contributed by atoms with Crippen LogP contribution in [0.5, 0.6) is 11.5 Å². The first-order valence-electron chi connectivity index (χ1n) is 8.56. The van der Waals surface area contributed by atoms with Gasteiger partial charge in [0.2, 0.25) is 5.95 Å². The van der Waals surface area contributed by atoms with Crippen LogP contribution in [-0.2, 0) is 7.05 Å². The summed E-state index contributed by atoms with van der Waals surface area (Å²) in [4.78, 5) is 21.3. The highest BCUT2D eigenvalue weighted by atomic mass is 19.1. The summed E-state index contributed by atoms with van der Waals surface area (Å²) in [7, 11) is 1.58. The molecule has 8 heteroatoms. The fourth-order valence-corrected chi connectivity index (χ4v) is 2.52. The van der Waals surface area contributed by atoms with Gasteiger partial charge < -0.3 is 15.8 Å². The molecule has 3 aromatic rings. The van der Waals surface area contributed by atoms with E-state index in [1.165, 1.54) is 29.0 Å². The second-order valence-corrected chi connectivity index (χ2v) is 6.13. The van der Waals surface area contributed by atoms with Crippen molar-refractivity contribution in [1.82, 2.24) is 14.5 Å². The molecule has 0 spiro atoms. The summed E-state index contributed by atoms with van der Waals surface area (Å²) in [5.74, 6) is -0.188. The lowest BCUT2D eigenvalue weighted by molar-refractivity contribution is 0.434. The van der Waals surface area contributed by atoms with Crippen LogP contribution in [0.1, 0.15) is 6.92 Å². The largest absolute Gasteiger partial charge is 0.448 e. The van der Waals surface area contributed by atoms with E-state index in [1.807, 2.05) is 13.0 Å². The number of fused-ring (bicyclic) bond motifs is 1. The van der Waals surface area contributed by atoms with Crippen molar-refractivity contribution in [3.63, 3.8) is 0 Å². The van der Waals surface area contributed by atoms with E-state index >= 15 is 0 Å². The summed E-state index contributed by atoms with van der Waals surface area (Å²) in [6.07, 6.45) is 6.64. The zero-order chi connectivity index (χ0) is 20.1. The second-order valence-electron chi connectivity index (χ2n) is 6.13. The van der Waals surface area contributed by atoms with E-state index in [0.717, 1.165) is 5.57 Å². The topological polar surface area (TPSA) is 95.1 Å². The van der Waals surface area contributed by atoms with Gasteiger partial charge in [0.05, 0.1) is 0 Å². The van der Waals surface area contributed by atoms with Crippen LogP contribution in [0.3, 0.4) is 0 Å². The molecule has 0 radical (unpaired) electrons. The summed E-state index contributed by atoms with van der Waals surface area (Å²) in [6, 6.07) is 7.40. The van der Waals surface area contributed by atoms with Crippen molar-refractivity contribution < 1.29 is 9.13 Å². The smallest absolute Gasteiger partial charge is 0.294 e. The van der Waals surface area contributed by atoms with E-state index < -0.39 is 11.4 Å². The van der Waals surface area contributed by atoms with Gasteiger partial charge >= 0.3 is 0 Å². The Balaban J connectivity index is 1.90. The van der Waals surface area contributed by atoms with Crippen molar-refractivity contribution in [2.75, 3.05) is 11.9 Å². The summed E-state index contributed by atoms with van der Waals surface area (Å²) >= 11 is 0. The summed E-state index contributed by atoms with van der Waals surface area (Å²) in [5.41, 5.74) is 6.36. The van der Waals surface area contributed by atoms with E-state index in [0.29, 0.717) is 23.5 Å². The number of halogens is 1. The lowest BCUT2D eigenvalue weighted by atomic mass is 10.3. The Morgan fingerprint density at radius 3 is 2.89 bits per heavy atom. The van der Waals surface area contributed by atoms with Crippen LogP contribution in [0.4, 0.5) is 10.3 Å². The van der Waals surface area contributed by atoms with Crippen LogP contribution in [0, 0.1) is 5.82 Å². The van der Waals surface area contributed by atoms with Crippen molar-refractivity contribution in [2.24, 2.45) is 12.8 Å². The molecule has 0 unspecified atom stereocenters. The maximum absolute atomic E-state index is 13.8. The Hall–Kier alpha value is -3.68. The molecule has 3 N–H and O–H groups in total. The number of aromatic nitrogens is 3. The molecule has 0 saturated carbocycles. The van der Waals surface area contributed by atoms with Gasteiger partial charge in [-0.15, -0.1) is 0 Å². The van der Waals surface area contributed by atoms with Gasteiger partial charge in [-0.3, -0.25) is 9.36 Å². The maximum Gasteiger partial charge on any atom is 0.294 e. The van der Waals surface area contributed by atoms with Gasteiger partial charge in [-0.1, -0.05) is 23.8 Å². The van der Waals surface area contributed by atoms with Crippen LogP contribution in [0.25, 0.3) is 11.0 Å². The zero-order valence-corrected chi connectivity index (χ0v) is 15.5. The van der Waals surface area contributed by atoms with Gasteiger partial charge in [0.25, 0.3) is 5.56 Å². The second kappa shape index (κ2) is 8.34. The molecule has 0 saturated heterocycles. The molecule has 1 aromatic carbocycles. The summed E-state index contributed by atoms with van der Waals surface area (Å²) in [5, 5.41) is 3.69. The molecule has 28 heavy (non-hydrogen) atoms. The first kappa shape index (κ1) is 19.1. The fraction of sp³-hybridized carbons (Fsp3) is 0.150. The van der Waals surface area contributed by atoms with E-state index in [1.54, 1.807) is 31.5 Å². The molecule has 0 amide bonds. The number of anilines is 1. The van der Waals surface area contributed by atoms with Crippen LogP contribution < -0.4 is 21.3 Å². The molecule has 144 valence electrons. The maximum atomic E-state index is 13.8. The fourth-order valence-electron chi connectivity index (χ4n) is 2.52. The minimum absolute atomic E-state index is 0.00300. The first-order valence-corrected chi connectivity index (χ1v) is 8.56. The standard InChI is InChI=1S/C20H20FN5O2/c1-13(6-5-9-22)11-23-20-24-12-14-10-17(19(27)26(2)18(14)25-20)28-16-8-4-3-7-15(16)21/h3-10,12H,11,22H2,1-2H3,(H,23,24,25)/b9-5-,13-6+. The van der Waals surface area contributed by atoms with Crippen LogP contribution in [0.15, 0.2) is 65.2 Å². The Morgan fingerprint density at radius 2 is 2.14 bits per heavy atom. The molecule has 0 aliphatic rings. The molecule has 0 fully saturated rings. The van der Waals surface area contributed by atoms with E-state index in [4.69, 9.17) is 10.5 Å². The van der Waals surface area contributed by atoms with Crippen molar-refractivity contribution in [3.05, 3.63) is 76.6 Å². The third-order valence-corrected chi connectivity index (χ3v) is 3.99. The average Bonchev–Trinajstić information content (AvgIpc) is 2.70. The third-order valence-electron chi connectivity index (χ3n) is 3.99. The van der Waals surface area contributed by atoms with Gasteiger partial charge in [-0.05, 0) is 37.4 Å². The lowest BCUT2D eigenvalue weighted by Crippen LogP contribution is -2.20. The minimum Gasteiger partial charge on any atom is -0.448 e. The molecule has 0 aliphatic carbocycles. The van der Waals surface area contributed by atoms with E-state index in [9.17, 15) is 9.18 Å². The lowest BCUT2D eigenvalue weighted by Gasteiger charge is -2.11. The zero-order valence-electron chi connectivity index (χ0n) is 15.5. The first-order chi connectivity index (χ1) is 13.5. The summed E-state index contributed by atoms with van der Waals surface area (Å²) in [6.45, 7) is 2.47. The number of rotatable bonds is 6. The number of para-hydroxylation sites is 1. The molecule has 0 bridgehead atoms. The third kappa shape index (κ3) is 4.17. The van der Waals surface area contributed by atoms with Gasteiger partial charge in [-0.2, -0.15) is 4.98 Å². The normalized spacial score (nSPS) is 11.9. The number of hydrogen-bond donors (Lipinski definition) is 2. The number of allylic oxidation sites excluding steroid dienone is 2. The van der Waals surface area contributed by atoms with Gasteiger partial charge in [-0.25, -0.2) is 9.37 Å². The van der Waals surface area contributed by atoms with Gasteiger partial charge in [0.15, 0.2) is 17.3 Å². The van der Waals surface area contributed by atoms with E-state index in [2.05, 4.69) is 15.3 Å². The number of nitrogens with two attached hydrogens (primary N) is 1. The van der Waals surface area contributed by atoms with E-state index in [-0.39, 0.29) is 11.5 Å². The predicted octanol–water partition coefficient (Wildman–Crippen LogP) is 3.09. The number of hydrogen-bond acceptors (Lipinski definition) is 6.